The Morgan fingerprint density at radius 2 is 2.21 bits per heavy atom. The number of ether oxygens (including phenoxy) is 1. The first-order valence-corrected chi connectivity index (χ1v) is 5.47. The maximum Gasteiger partial charge on any atom is 0.0768 e. The fraction of sp³-hybridized carbons (Fsp3) is 1.00. The minimum Gasteiger partial charge on any atom is -0.389 e. The lowest BCUT2D eigenvalue weighted by atomic mass is 9.91. The van der Waals surface area contributed by atoms with Crippen LogP contribution in [0.1, 0.15) is 27.7 Å². The molecule has 0 aromatic heterocycles. The van der Waals surface area contributed by atoms with Crippen LogP contribution >= 0.6 is 0 Å². The predicted molar refractivity (Wildman–Crippen MR) is 57.3 cm³/mol. The van der Waals surface area contributed by atoms with Crippen molar-refractivity contribution in [2.75, 3.05) is 26.3 Å². The van der Waals surface area contributed by atoms with Crippen molar-refractivity contribution in [3.05, 3.63) is 0 Å². The van der Waals surface area contributed by atoms with Crippen LogP contribution in [-0.2, 0) is 4.74 Å². The molecule has 0 amide bonds. The molecule has 3 heteroatoms. The van der Waals surface area contributed by atoms with Gasteiger partial charge in [0, 0.05) is 19.1 Å². The lowest BCUT2D eigenvalue weighted by Gasteiger charge is -2.39. The van der Waals surface area contributed by atoms with Crippen LogP contribution in [0, 0.1) is 5.92 Å². The first-order chi connectivity index (χ1) is 6.43. The molecule has 3 nitrogen and oxygen atoms in total. The van der Waals surface area contributed by atoms with E-state index < -0.39 is 5.60 Å². The molecule has 0 radical (unpaired) electrons. The quantitative estimate of drug-likeness (QED) is 0.742. The van der Waals surface area contributed by atoms with Gasteiger partial charge in [-0.15, -0.1) is 0 Å². The van der Waals surface area contributed by atoms with Gasteiger partial charge in [0.15, 0.2) is 0 Å². The first kappa shape index (κ1) is 12.0. The zero-order valence-electron chi connectivity index (χ0n) is 9.79. The monoisotopic (exact) mass is 201 g/mol. The van der Waals surface area contributed by atoms with Gasteiger partial charge in [-0.3, -0.25) is 4.90 Å². The van der Waals surface area contributed by atoms with Gasteiger partial charge < -0.3 is 9.84 Å². The van der Waals surface area contributed by atoms with E-state index in [0.29, 0.717) is 6.04 Å². The highest BCUT2D eigenvalue weighted by atomic mass is 16.5. The average molecular weight is 201 g/mol. The second kappa shape index (κ2) is 4.60. The average Bonchev–Trinajstić information content (AvgIpc) is 2.08. The number of rotatable bonds is 3. The third kappa shape index (κ3) is 2.94. The highest BCUT2D eigenvalue weighted by Gasteiger charge is 2.30. The SMILES string of the molecule is CC1COCCN1CC(C)(O)C(C)C. The molecular weight excluding hydrogens is 178 g/mol. The van der Waals surface area contributed by atoms with E-state index in [-0.39, 0.29) is 5.92 Å². The molecule has 1 aliphatic rings. The Labute approximate surface area is 87.1 Å². The highest BCUT2D eigenvalue weighted by molar-refractivity contribution is 4.83. The molecule has 1 aliphatic heterocycles. The van der Waals surface area contributed by atoms with Crippen LogP contribution in [-0.4, -0.2) is 48.0 Å². The third-order valence-electron chi connectivity index (χ3n) is 3.27. The summed E-state index contributed by atoms with van der Waals surface area (Å²) in [6, 6.07) is 0.425. The van der Waals surface area contributed by atoms with E-state index in [4.69, 9.17) is 4.74 Å². The molecule has 0 saturated carbocycles. The molecule has 0 aromatic rings. The minimum atomic E-state index is -0.592. The van der Waals surface area contributed by atoms with Crippen molar-refractivity contribution >= 4 is 0 Å². The van der Waals surface area contributed by atoms with Gasteiger partial charge in [-0.1, -0.05) is 13.8 Å². The van der Waals surface area contributed by atoms with Crippen molar-refractivity contribution < 1.29 is 9.84 Å². The van der Waals surface area contributed by atoms with Crippen LogP contribution in [0.5, 0.6) is 0 Å². The lowest BCUT2D eigenvalue weighted by Crippen LogP contribution is -2.52. The zero-order valence-corrected chi connectivity index (χ0v) is 9.79. The maximum atomic E-state index is 10.2. The summed E-state index contributed by atoms with van der Waals surface area (Å²) in [4.78, 5) is 2.31. The van der Waals surface area contributed by atoms with E-state index >= 15 is 0 Å². The zero-order chi connectivity index (χ0) is 10.8. The summed E-state index contributed by atoms with van der Waals surface area (Å²) in [5.41, 5.74) is -0.592. The molecule has 1 fully saturated rings. The van der Waals surface area contributed by atoms with Crippen LogP contribution < -0.4 is 0 Å². The number of β-amino-alcohol motifs (C(OH)–C–C–N with tert-alkyl or cyclic N) is 1. The van der Waals surface area contributed by atoms with E-state index in [1.807, 2.05) is 6.92 Å². The number of nitrogens with zero attached hydrogens (tertiary/aromatic N) is 1. The molecule has 2 unspecified atom stereocenters. The van der Waals surface area contributed by atoms with Crippen LogP contribution in [0.25, 0.3) is 0 Å². The van der Waals surface area contributed by atoms with Gasteiger partial charge in [-0.05, 0) is 19.8 Å². The van der Waals surface area contributed by atoms with E-state index in [0.717, 1.165) is 26.3 Å². The van der Waals surface area contributed by atoms with Gasteiger partial charge in [0.2, 0.25) is 0 Å². The largest absolute Gasteiger partial charge is 0.389 e. The Bertz CT molecular complexity index is 180. The van der Waals surface area contributed by atoms with E-state index in [2.05, 4.69) is 25.7 Å². The van der Waals surface area contributed by atoms with Gasteiger partial charge in [0.25, 0.3) is 0 Å². The normalized spacial score (nSPS) is 29.1. The standard InChI is InChI=1S/C11H23NO2/c1-9(2)11(4,13)8-12-5-6-14-7-10(12)3/h9-10,13H,5-8H2,1-4H3. The van der Waals surface area contributed by atoms with Crippen LogP contribution in [0.3, 0.4) is 0 Å². The molecule has 84 valence electrons. The highest BCUT2D eigenvalue weighted by Crippen LogP contribution is 2.19. The van der Waals surface area contributed by atoms with Gasteiger partial charge >= 0.3 is 0 Å². The topological polar surface area (TPSA) is 32.7 Å². The van der Waals surface area contributed by atoms with E-state index in [1.165, 1.54) is 0 Å². The molecule has 0 aromatic carbocycles. The number of hydrogen-bond acceptors (Lipinski definition) is 3. The van der Waals surface area contributed by atoms with Crippen LogP contribution in [0.15, 0.2) is 0 Å². The van der Waals surface area contributed by atoms with Gasteiger partial charge in [0.05, 0.1) is 18.8 Å². The molecule has 0 aliphatic carbocycles. The van der Waals surface area contributed by atoms with Crippen molar-refractivity contribution in [3.8, 4) is 0 Å². The van der Waals surface area contributed by atoms with Crippen molar-refractivity contribution in [2.24, 2.45) is 5.92 Å². The smallest absolute Gasteiger partial charge is 0.0768 e. The lowest BCUT2D eigenvalue weighted by molar-refractivity contribution is -0.0661. The number of morpholine rings is 1. The summed E-state index contributed by atoms with van der Waals surface area (Å²) >= 11 is 0. The molecular formula is C11H23NO2. The molecule has 1 rings (SSSR count). The van der Waals surface area contributed by atoms with Gasteiger partial charge in [0.1, 0.15) is 0 Å². The summed E-state index contributed by atoms with van der Waals surface area (Å²) in [6.45, 7) is 11.4. The second-order valence-corrected chi connectivity index (χ2v) is 4.91. The predicted octanol–water partition coefficient (Wildman–Crippen LogP) is 1.11. The molecule has 0 bridgehead atoms. The van der Waals surface area contributed by atoms with Crippen LogP contribution in [0.4, 0.5) is 0 Å². The Hall–Kier alpha value is -0.120. The molecule has 14 heavy (non-hydrogen) atoms. The summed E-state index contributed by atoms with van der Waals surface area (Å²) < 4.78 is 5.36. The fourth-order valence-corrected chi connectivity index (χ4v) is 1.59. The van der Waals surface area contributed by atoms with E-state index in [1.54, 1.807) is 0 Å². The van der Waals surface area contributed by atoms with Crippen molar-refractivity contribution in [2.45, 2.75) is 39.3 Å². The Balaban J connectivity index is 2.49. The van der Waals surface area contributed by atoms with Crippen molar-refractivity contribution in [3.63, 3.8) is 0 Å². The summed E-state index contributed by atoms with van der Waals surface area (Å²) in [6.07, 6.45) is 0. The maximum absolute atomic E-state index is 10.2. The molecule has 1 N–H and O–H groups in total. The molecule has 0 spiro atoms. The first-order valence-electron chi connectivity index (χ1n) is 5.47. The molecule has 1 heterocycles. The van der Waals surface area contributed by atoms with Crippen molar-refractivity contribution in [1.82, 2.24) is 4.90 Å². The van der Waals surface area contributed by atoms with E-state index in [9.17, 15) is 5.11 Å². The minimum absolute atomic E-state index is 0.289. The Morgan fingerprint density at radius 3 is 2.71 bits per heavy atom. The van der Waals surface area contributed by atoms with Gasteiger partial charge in [-0.25, -0.2) is 0 Å². The second-order valence-electron chi connectivity index (χ2n) is 4.91. The number of aliphatic hydroxyl groups is 1. The summed E-state index contributed by atoms with van der Waals surface area (Å²) in [5.74, 6) is 0.289. The fourth-order valence-electron chi connectivity index (χ4n) is 1.59. The molecule has 1 saturated heterocycles. The summed E-state index contributed by atoms with van der Waals surface area (Å²) in [5, 5.41) is 10.2. The Kier molecular flexibility index (Phi) is 3.93. The van der Waals surface area contributed by atoms with Crippen molar-refractivity contribution in [1.29, 1.82) is 0 Å². The molecule has 2 atom stereocenters. The summed E-state index contributed by atoms with van der Waals surface area (Å²) in [7, 11) is 0. The Morgan fingerprint density at radius 1 is 1.57 bits per heavy atom. The third-order valence-corrected chi connectivity index (χ3v) is 3.27. The number of hydrogen-bond donors (Lipinski definition) is 1. The van der Waals surface area contributed by atoms with Gasteiger partial charge in [-0.2, -0.15) is 0 Å². The van der Waals surface area contributed by atoms with Crippen LogP contribution in [0.2, 0.25) is 0 Å².